The van der Waals surface area contributed by atoms with Gasteiger partial charge in [-0.05, 0) is 54.6 Å². The third-order valence-electron chi connectivity index (χ3n) is 4.09. The highest BCUT2D eigenvalue weighted by atomic mass is 35.5. The molecule has 0 aliphatic carbocycles. The Morgan fingerprint density at radius 3 is 1.78 bits per heavy atom. The van der Waals surface area contributed by atoms with Gasteiger partial charge in [-0.2, -0.15) is 13.2 Å². The molecule has 0 bridgehead atoms. The number of hydrogen-bond donors (Lipinski definition) is 2. The fraction of sp³-hybridized carbons (Fsp3) is 0.0526. The van der Waals surface area contributed by atoms with Crippen LogP contribution < -0.4 is 9.44 Å². The van der Waals surface area contributed by atoms with Crippen molar-refractivity contribution in [2.45, 2.75) is 16.0 Å². The van der Waals surface area contributed by atoms with Gasteiger partial charge in [-0.3, -0.25) is 9.44 Å². The zero-order valence-corrected chi connectivity index (χ0v) is 18.8. The lowest BCUT2D eigenvalue weighted by Crippen LogP contribution is -2.18. The first-order valence-corrected chi connectivity index (χ1v) is 12.3. The monoisotopic (exact) mass is 524 g/mol. The Labute approximate surface area is 192 Å². The summed E-state index contributed by atoms with van der Waals surface area (Å²) in [5.74, 6) is 0. The van der Waals surface area contributed by atoms with Crippen LogP contribution in [0.1, 0.15) is 5.56 Å². The van der Waals surface area contributed by atoms with Crippen molar-refractivity contribution >= 4 is 54.6 Å². The van der Waals surface area contributed by atoms with Gasteiger partial charge in [0.1, 0.15) is 4.90 Å². The molecule has 3 rings (SSSR count). The molecule has 3 aromatic rings. The number of alkyl halides is 3. The van der Waals surface area contributed by atoms with Gasteiger partial charge in [0.2, 0.25) is 0 Å². The van der Waals surface area contributed by atoms with Crippen molar-refractivity contribution in [2.75, 3.05) is 9.44 Å². The molecule has 0 aliphatic heterocycles. The van der Waals surface area contributed by atoms with Crippen molar-refractivity contribution in [3.63, 3.8) is 0 Å². The van der Waals surface area contributed by atoms with Gasteiger partial charge in [-0.1, -0.05) is 35.3 Å². The number of sulfonamides is 2. The van der Waals surface area contributed by atoms with Gasteiger partial charge >= 0.3 is 6.18 Å². The van der Waals surface area contributed by atoms with E-state index < -0.39 is 41.7 Å². The first-order valence-electron chi connectivity index (χ1n) is 8.56. The molecule has 6 nitrogen and oxygen atoms in total. The first kappa shape index (κ1) is 24.2. The van der Waals surface area contributed by atoms with Gasteiger partial charge < -0.3 is 0 Å². The zero-order chi connectivity index (χ0) is 23.7. The zero-order valence-electron chi connectivity index (χ0n) is 15.7. The molecule has 0 radical (unpaired) electrons. The van der Waals surface area contributed by atoms with E-state index in [0.717, 1.165) is 6.07 Å². The minimum Gasteiger partial charge on any atom is -0.277 e. The van der Waals surface area contributed by atoms with Crippen molar-refractivity contribution in [2.24, 2.45) is 0 Å². The summed E-state index contributed by atoms with van der Waals surface area (Å²) in [7, 11) is -8.73. The summed E-state index contributed by atoms with van der Waals surface area (Å²) >= 11 is 11.6. The summed E-state index contributed by atoms with van der Waals surface area (Å²) < 4.78 is 94.1. The highest BCUT2D eigenvalue weighted by Crippen LogP contribution is 2.35. The topological polar surface area (TPSA) is 92.3 Å². The predicted octanol–water partition coefficient (Wildman–Crippen LogP) is 5.61. The second-order valence-electron chi connectivity index (χ2n) is 6.35. The summed E-state index contributed by atoms with van der Waals surface area (Å²) in [6, 6.07) is 12.4. The van der Waals surface area contributed by atoms with Crippen LogP contribution in [-0.2, 0) is 26.2 Å². The molecule has 3 aromatic carbocycles. The Kier molecular flexibility index (Phi) is 6.66. The molecule has 170 valence electrons. The summed E-state index contributed by atoms with van der Waals surface area (Å²) in [5, 5.41) is -0.125. The lowest BCUT2D eigenvalue weighted by atomic mass is 10.2. The van der Waals surface area contributed by atoms with E-state index in [1.54, 1.807) is 0 Å². The highest BCUT2D eigenvalue weighted by Gasteiger charge is 2.33. The normalized spacial score (nSPS) is 12.4. The van der Waals surface area contributed by atoms with E-state index >= 15 is 0 Å². The molecule has 2 N–H and O–H groups in total. The maximum Gasteiger partial charge on any atom is 0.416 e. The molecule has 0 saturated heterocycles. The Bertz CT molecular complexity index is 1360. The molecular weight excluding hydrogens is 512 g/mol. The van der Waals surface area contributed by atoms with Crippen LogP contribution in [0.4, 0.5) is 24.5 Å². The number of hydrogen-bond acceptors (Lipinski definition) is 4. The minimum absolute atomic E-state index is 0.138. The van der Waals surface area contributed by atoms with Gasteiger partial charge in [0.05, 0.1) is 26.9 Å². The Hall–Kier alpha value is -2.47. The second-order valence-corrected chi connectivity index (χ2v) is 10.5. The second kappa shape index (κ2) is 8.81. The van der Waals surface area contributed by atoms with Gasteiger partial charge in [-0.25, -0.2) is 16.8 Å². The SMILES string of the molecule is O=S(=O)(Nc1ccccc1NS(=O)(=O)c1cc(C(F)(F)F)ccc1Cl)c1ccc(Cl)cc1. The van der Waals surface area contributed by atoms with E-state index in [1.165, 1.54) is 48.5 Å². The summed E-state index contributed by atoms with van der Waals surface area (Å²) in [5.41, 5.74) is -1.59. The smallest absolute Gasteiger partial charge is 0.277 e. The number of para-hydroxylation sites is 2. The molecule has 0 aromatic heterocycles. The molecule has 0 unspecified atom stereocenters. The fourth-order valence-electron chi connectivity index (χ4n) is 2.56. The third-order valence-corrected chi connectivity index (χ3v) is 7.57. The Morgan fingerprint density at radius 1 is 0.719 bits per heavy atom. The lowest BCUT2D eigenvalue weighted by Gasteiger charge is -2.16. The van der Waals surface area contributed by atoms with Crippen LogP contribution in [0.15, 0.2) is 76.5 Å². The predicted molar refractivity (Wildman–Crippen MR) is 116 cm³/mol. The van der Waals surface area contributed by atoms with Gasteiger partial charge in [-0.15, -0.1) is 0 Å². The number of anilines is 2. The quantitative estimate of drug-likeness (QED) is 0.438. The molecule has 0 saturated carbocycles. The third kappa shape index (κ3) is 5.47. The van der Waals surface area contributed by atoms with Crippen LogP contribution in [0.2, 0.25) is 10.0 Å². The van der Waals surface area contributed by atoms with Crippen molar-refractivity contribution in [1.82, 2.24) is 0 Å². The number of nitrogens with one attached hydrogen (secondary N) is 2. The maximum absolute atomic E-state index is 13.0. The minimum atomic E-state index is -4.79. The maximum atomic E-state index is 13.0. The van der Waals surface area contributed by atoms with E-state index in [2.05, 4.69) is 9.44 Å². The standard InChI is InChI=1S/C19H13Cl2F3N2O4S2/c20-13-6-8-14(9-7-13)31(27,28)25-16-3-1-2-4-17(16)26-32(29,30)18-11-12(19(22,23)24)5-10-15(18)21/h1-11,25-26H. The van der Waals surface area contributed by atoms with Crippen LogP contribution in [0.5, 0.6) is 0 Å². The summed E-state index contributed by atoms with van der Waals surface area (Å²) in [6.07, 6.45) is -4.79. The van der Waals surface area contributed by atoms with Crippen LogP contribution in [0, 0.1) is 0 Å². The Balaban J connectivity index is 1.97. The van der Waals surface area contributed by atoms with Crippen molar-refractivity contribution < 1.29 is 30.0 Å². The van der Waals surface area contributed by atoms with Crippen molar-refractivity contribution in [3.05, 3.63) is 82.3 Å². The van der Waals surface area contributed by atoms with Crippen LogP contribution in [0.3, 0.4) is 0 Å². The molecule has 0 amide bonds. The number of halogens is 5. The first-order chi connectivity index (χ1) is 14.8. The largest absolute Gasteiger partial charge is 0.416 e. The molecule has 0 aliphatic rings. The van der Waals surface area contributed by atoms with Gasteiger partial charge in [0, 0.05) is 5.02 Å². The fourth-order valence-corrected chi connectivity index (χ4v) is 5.38. The van der Waals surface area contributed by atoms with Gasteiger partial charge in [0.15, 0.2) is 0 Å². The van der Waals surface area contributed by atoms with E-state index in [0.29, 0.717) is 17.2 Å². The van der Waals surface area contributed by atoms with Gasteiger partial charge in [0.25, 0.3) is 20.0 Å². The molecule has 0 spiro atoms. The van der Waals surface area contributed by atoms with E-state index in [-0.39, 0.29) is 16.3 Å². The number of rotatable bonds is 6. The molecule has 0 heterocycles. The van der Waals surface area contributed by atoms with Crippen molar-refractivity contribution in [3.8, 4) is 0 Å². The lowest BCUT2D eigenvalue weighted by molar-refractivity contribution is -0.137. The van der Waals surface area contributed by atoms with E-state index in [9.17, 15) is 30.0 Å². The molecular formula is C19H13Cl2F3N2O4S2. The molecule has 13 heteroatoms. The Morgan fingerprint density at radius 2 is 1.25 bits per heavy atom. The molecule has 32 heavy (non-hydrogen) atoms. The van der Waals surface area contributed by atoms with E-state index in [4.69, 9.17) is 23.2 Å². The summed E-state index contributed by atoms with van der Waals surface area (Å²) in [4.78, 5) is -0.954. The number of benzene rings is 3. The van der Waals surface area contributed by atoms with Crippen LogP contribution in [0.25, 0.3) is 0 Å². The van der Waals surface area contributed by atoms with E-state index in [1.807, 2.05) is 0 Å². The van der Waals surface area contributed by atoms with Crippen LogP contribution in [-0.4, -0.2) is 16.8 Å². The average molecular weight is 525 g/mol. The summed E-state index contributed by atoms with van der Waals surface area (Å²) in [6.45, 7) is 0. The average Bonchev–Trinajstić information content (AvgIpc) is 2.69. The van der Waals surface area contributed by atoms with Crippen LogP contribution >= 0.6 is 23.2 Å². The molecule has 0 atom stereocenters. The molecule has 0 fully saturated rings. The highest BCUT2D eigenvalue weighted by molar-refractivity contribution is 7.93. The van der Waals surface area contributed by atoms with Crippen molar-refractivity contribution in [1.29, 1.82) is 0 Å².